The van der Waals surface area contributed by atoms with Gasteiger partial charge >= 0.3 is 5.97 Å². The number of benzene rings is 1. The molecule has 8 nitrogen and oxygen atoms in total. The number of aryl methyl sites for hydroxylation is 1. The van der Waals surface area contributed by atoms with E-state index in [2.05, 4.69) is 15.3 Å². The summed E-state index contributed by atoms with van der Waals surface area (Å²) in [4.78, 5) is 32.8. The van der Waals surface area contributed by atoms with Crippen LogP contribution in [0.5, 0.6) is 5.75 Å². The summed E-state index contributed by atoms with van der Waals surface area (Å²) in [5.74, 6) is -0.175. The van der Waals surface area contributed by atoms with Gasteiger partial charge in [-0.25, -0.2) is 14.8 Å². The molecule has 0 aliphatic heterocycles. The van der Waals surface area contributed by atoms with Crippen LogP contribution < -0.4 is 15.8 Å². The van der Waals surface area contributed by atoms with Gasteiger partial charge < -0.3 is 20.5 Å². The Morgan fingerprint density at radius 3 is 2.68 bits per heavy atom. The Kier molecular flexibility index (Phi) is 7.62. The highest BCUT2D eigenvalue weighted by atomic mass is 32.2. The van der Waals surface area contributed by atoms with Gasteiger partial charge in [0.2, 0.25) is 5.91 Å². The van der Waals surface area contributed by atoms with Crippen LogP contribution >= 0.6 is 11.8 Å². The normalized spacial score (nSPS) is 11.6. The number of nitrogen functional groups attached to an aromatic ring is 1. The van der Waals surface area contributed by atoms with Crippen LogP contribution in [0.25, 0.3) is 0 Å². The van der Waals surface area contributed by atoms with Gasteiger partial charge in [-0.3, -0.25) is 4.79 Å². The van der Waals surface area contributed by atoms with Crippen LogP contribution in [0.3, 0.4) is 0 Å². The number of ether oxygens (including phenoxy) is 2. The van der Waals surface area contributed by atoms with E-state index in [9.17, 15) is 9.59 Å². The predicted molar refractivity (Wildman–Crippen MR) is 109 cm³/mol. The molecule has 0 radical (unpaired) electrons. The van der Waals surface area contributed by atoms with Gasteiger partial charge in [0.15, 0.2) is 5.16 Å². The van der Waals surface area contributed by atoms with E-state index in [0.29, 0.717) is 23.0 Å². The zero-order chi connectivity index (χ0) is 20.7. The minimum atomic E-state index is -0.576. The summed E-state index contributed by atoms with van der Waals surface area (Å²) in [5.41, 5.74) is 7.55. The van der Waals surface area contributed by atoms with Crippen molar-refractivity contribution in [2.75, 3.05) is 24.8 Å². The molecular weight excluding hydrogens is 380 g/mol. The monoisotopic (exact) mass is 404 g/mol. The van der Waals surface area contributed by atoms with Crippen LogP contribution in [-0.2, 0) is 9.53 Å². The number of nitrogens with two attached hydrogens (primary N) is 1. The van der Waals surface area contributed by atoms with Crippen LogP contribution in [0, 0.1) is 6.92 Å². The highest BCUT2D eigenvalue weighted by Crippen LogP contribution is 2.29. The molecule has 0 fully saturated rings. The van der Waals surface area contributed by atoms with Gasteiger partial charge in [0.05, 0.1) is 24.7 Å². The van der Waals surface area contributed by atoms with E-state index in [1.807, 2.05) is 26.0 Å². The second-order valence-electron chi connectivity index (χ2n) is 5.88. The van der Waals surface area contributed by atoms with E-state index in [-0.39, 0.29) is 23.9 Å². The molecule has 0 saturated heterocycles. The average molecular weight is 404 g/mol. The fraction of sp³-hybridized carbons (Fsp3) is 0.368. The number of hydrogen-bond acceptors (Lipinski definition) is 8. The summed E-state index contributed by atoms with van der Waals surface area (Å²) in [6.07, 6.45) is 1.87. The SMILES string of the molecule is CCOC(=O)c1cnc(S[C@H](CC)C(=O)Nc2cc(C)ccc2OC)nc1N. The van der Waals surface area contributed by atoms with Gasteiger partial charge in [0, 0.05) is 6.20 Å². The van der Waals surface area contributed by atoms with Crippen LogP contribution in [0.2, 0.25) is 0 Å². The van der Waals surface area contributed by atoms with Gasteiger partial charge in [0.25, 0.3) is 0 Å². The van der Waals surface area contributed by atoms with E-state index in [4.69, 9.17) is 15.2 Å². The first-order chi connectivity index (χ1) is 13.4. The average Bonchev–Trinajstić information content (AvgIpc) is 2.66. The van der Waals surface area contributed by atoms with Crippen molar-refractivity contribution in [2.45, 2.75) is 37.6 Å². The highest BCUT2D eigenvalue weighted by molar-refractivity contribution is 8.00. The van der Waals surface area contributed by atoms with Gasteiger partial charge in [-0.05, 0) is 38.0 Å². The van der Waals surface area contributed by atoms with Crippen LogP contribution in [0.4, 0.5) is 11.5 Å². The Hall–Kier alpha value is -2.81. The molecule has 1 aromatic carbocycles. The molecule has 9 heteroatoms. The maximum Gasteiger partial charge on any atom is 0.343 e. The lowest BCUT2D eigenvalue weighted by molar-refractivity contribution is -0.115. The van der Waals surface area contributed by atoms with E-state index < -0.39 is 11.2 Å². The third kappa shape index (κ3) is 5.35. The third-order valence-electron chi connectivity index (χ3n) is 3.82. The van der Waals surface area contributed by atoms with Crippen LogP contribution in [-0.4, -0.2) is 40.8 Å². The number of thioether (sulfide) groups is 1. The summed E-state index contributed by atoms with van der Waals surface area (Å²) in [5, 5.41) is 2.75. The summed E-state index contributed by atoms with van der Waals surface area (Å²) < 4.78 is 10.2. The molecule has 28 heavy (non-hydrogen) atoms. The largest absolute Gasteiger partial charge is 0.495 e. The van der Waals surface area contributed by atoms with Crippen molar-refractivity contribution >= 4 is 35.1 Å². The molecular formula is C19H24N4O4S. The molecule has 1 amide bonds. The van der Waals surface area contributed by atoms with E-state index in [0.717, 1.165) is 5.56 Å². The van der Waals surface area contributed by atoms with Crippen molar-refractivity contribution in [3.8, 4) is 5.75 Å². The van der Waals surface area contributed by atoms with Gasteiger partial charge in [0.1, 0.15) is 17.1 Å². The second-order valence-corrected chi connectivity index (χ2v) is 7.05. The topological polar surface area (TPSA) is 116 Å². The first-order valence-electron chi connectivity index (χ1n) is 8.81. The number of hydrogen-bond donors (Lipinski definition) is 2. The van der Waals surface area contributed by atoms with E-state index in [1.165, 1.54) is 18.0 Å². The van der Waals surface area contributed by atoms with Crippen LogP contribution in [0.15, 0.2) is 29.6 Å². The van der Waals surface area contributed by atoms with Crippen molar-refractivity contribution in [1.29, 1.82) is 0 Å². The number of anilines is 2. The molecule has 0 saturated carbocycles. The van der Waals surface area contributed by atoms with Crippen LogP contribution in [0.1, 0.15) is 36.2 Å². The molecule has 1 heterocycles. The number of nitrogens with one attached hydrogen (secondary N) is 1. The number of amides is 1. The Balaban J connectivity index is 2.13. The molecule has 0 unspecified atom stereocenters. The summed E-state index contributed by atoms with van der Waals surface area (Å²) in [6.45, 7) is 5.76. The second kappa shape index (κ2) is 9.93. The molecule has 150 valence electrons. The van der Waals surface area contributed by atoms with Gasteiger partial charge in [-0.15, -0.1) is 0 Å². The molecule has 1 atom stereocenters. The summed E-state index contributed by atoms with van der Waals surface area (Å²) in [7, 11) is 1.55. The van der Waals surface area contributed by atoms with E-state index >= 15 is 0 Å². The number of rotatable bonds is 8. The molecule has 0 spiro atoms. The molecule has 2 rings (SSSR count). The first kappa shape index (κ1) is 21.5. The standard InChI is InChI=1S/C19H24N4O4S/c1-5-15(17(24)22-13-9-11(3)7-8-14(13)26-4)28-19-21-10-12(16(20)23-19)18(25)27-6-2/h7-10,15H,5-6H2,1-4H3,(H,22,24)(H2,20,21,23)/t15-/m1/s1. The number of nitrogens with zero attached hydrogens (tertiary/aromatic N) is 2. The fourth-order valence-electron chi connectivity index (χ4n) is 2.38. The van der Waals surface area contributed by atoms with E-state index in [1.54, 1.807) is 20.1 Å². The Labute approximate surface area is 168 Å². The van der Waals surface area contributed by atoms with Crippen molar-refractivity contribution in [3.05, 3.63) is 35.5 Å². The lowest BCUT2D eigenvalue weighted by Crippen LogP contribution is -2.25. The smallest absolute Gasteiger partial charge is 0.343 e. The number of methoxy groups -OCH3 is 1. The minimum Gasteiger partial charge on any atom is -0.495 e. The molecule has 0 bridgehead atoms. The number of esters is 1. The highest BCUT2D eigenvalue weighted by Gasteiger charge is 2.22. The molecule has 0 aliphatic carbocycles. The molecule has 1 aromatic heterocycles. The van der Waals surface area contributed by atoms with Crippen molar-refractivity contribution in [3.63, 3.8) is 0 Å². The van der Waals surface area contributed by atoms with Crippen molar-refractivity contribution in [1.82, 2.24) is 9.97 Å². The fourth-order valence-corrected chi connectivity index (χ4v) is 3.23. The number of carbonyl (C=O) groups excluding carboxylic acids is 2. The van der Waals surface area contributed by atoms with Gasteiger partial charge in [-0.2, -0.15) is 0 Å². The zero-order valence-electron chi connectivity index (χ0n) is 16.3. The molecule has 2 aromatic rings. The summed E-state index contributed by atoms with van der Waals surface area (Å²) >= 11 is 1.17. The minimum absolute atomic E-state index is 0.0200. The van der Waals surface area contributed by atoms with Crippen molar-refractivity contribution < 1.29 is 19.1 Å². The predicted octanol–water partition coefficient (Wildman–Crippen LogP) is 3.06. The van der Waals surface area contributed by atoms with Crippen molar-refractivity contribution in [2.24, 2.45) is 0 Å². The first-order valence-corrected chi connectivity index (χ1v) is 9.69. The molecule has 0 aliphatic rings. The zero-order valence-corrected chi connectivity index (χ0v) is 17.1. The van der Waals surface area contributed by atoms with Gasteiger partial charge in [-0.1, -0.05) is 24.8 Å². The number of aromatic nitrogens is 2. The Morgan fingerprint density at radius 2 is 2.07 bits per heavy atom. The maximum atomic E-state index is 12.7. The summed E-state index contributed by atoms with van der Waals surface area (Å²) in [6, 6.07) is 5.55. The third-order valence-corrected chi connectivity index (χ3v) is 5.05. The lowest BCUT2D eigenvalue weighted by Gasteiger charge is -2.16. The quantitative estimate of drug-likeness (QED) is 0.392. The number of carbonyl (C=O) groups is 2. The maximum absolute atomic E-state index is 12.7. The Morgan fingerprint density at radius 1 is 1.32 bits per heavy atom. The Bertz CT molecular complexity index is 860. The molecule has 3 N–H and O–H groups in total. The lowest BCUT2D eigenvalue weighted by atomic mass is 10.2.